The van der Waals surface area contributed by atoms with Crippen molar-refractivity contribution in [3.63, 3.8) is 0 Å². The molecule has 1 heterocycles. The predicted molar refractivity (Wildman–Crippen MR) is 60.4 cm³/mol. The average molecular weight is 199 g/mol. The Morgan fingerprint density at radius 2 is 1.57 bits per heavy atom. The summed E-state index contributed by atoms with van der Waals surface area (Å²) < 4.78 is 0. The molecule has 0 unspecified atom stereocenters. The monoisotopic (exact) mass is 199 g/mol. The van der Waals surface area contributed by atoms with Crippen LogP contribution in [0.25, 0.3) is 0 Å². The van der Waals surface area contributed by atoms with Gasteiger partial charge in [-0.05, 0) is 34.1 Å². The molecule has 0 aliphatic carbocycles. The van der Waals surface area contributed by atoms with Gasteiger partial charge in [0.15, 0.2) is 0 Å². The van der Waals surface area contributed by atoms with E-state index in [2.05, 4.69) is 50.2 Å². The molecule has 0 atom stereocenters. The summed E-state index contributed by atoms with van der Waals surface area (Å²) in [6, 6.07) is 1.18. The van der Waals surface area contributed by atoms with Crippen molar-refractivity contribution in [1.29, 1.82) is 0 Å². The molecule has 0 amide bonds. The maximum atomic E-state index is 3.40. The van der Waals surface area contributed by atoms with Crippen molar-refractivity contribution in [2.45, 2.75) is 72.1 Å². The first kappa shape index (κ1) is 12.0. The second kappa shape index (κ2) is 5.10. The standard InChI is InChI=1S/C11H25N3/c1-6-7-8-11-13(9(2)3)12-14(11)10(4)5/h9-12H,6-8H2,1-5H3. The van der Waals surface area contributed by atoms with Crippen molar-refractivity contribution < 1.29 is 0 Å². The minimum absolute atomic E-state index is 0.590. The Labute approximate surface area is 88.4 Å². The second-order valence-corrected chi connectivity index (χ2v) is 4.72. The molecular weight excluding hydrogens is 174 g/mol. The van der Waals surface area contributed by atoms with Gasteiger partial charge >= 0.3 is 0 Å². The van der Waals surface area contributed by atoms with Gasteiger partial charge < -0.3 is 0 Å². The molecule has 84 valence electrons. The van der Waals surface area contributed by atoms with Gasteiger partial charge in [0, 0.05) is 12.1 Å². The van der Waals surface area contributed by atoms with E-state index in [4.69, 9.17) is 0 Å². The Morgan fingerprint density at radius 3 is 1.93 bits per heavy atom. The summed E-state index contributed by atoms with van der Waals surface area (Å²) >= 11 is 0. The van der Waals surface area contributed by atoms with Crippen LogP contribution in [-0.2, 0) is 0 Å². The van der Waals surface area contributed by atoms with Crippen LogP contribution in [0.5, 0.6) is 0 Å². The number of rotatable bonds is 5. The fourth-order valence-corrected chi connectivity index (χ4v) is 1.93. The van der Waals surface area contributed by atoms with E-state index in [9.17, 15) is 0 Å². The molecule has 0 spiro atoms. The van der Waals surface area contributed by atoms with Gasteiger partial charge in [0.25, 0.3) is 0 Å². The molecule has 3 heteroatoms. The summed E-state index contributed by atoms with van der Waals surface area (Å²) in [6.07, 6.45) is 4.49. The van der Waals surface area contributed by atoms with E-state index in [1.807, 2.05) is 0 Å². The van der Waals surface area contributed by atoms with Gasteiger partial charge in [-0.3, -0.25) is 0 Å². The number of hydrogen-bond donors (Lipinski definition) is 1. The largest absolute Gasteiger partial charge is 0.209 e. The molecule has 14 heavy (non-hydrogen) atoms. The minimum Gasteiger partial charge on any atom is -0.209 e. The molecule has 1 aliphatic rings. The van der Waals surface area contributed by atoms with Crippen LogP contribution in [0.2, 0.25) is 0 Å². The highest BCUT2D eigenvalue weighted by Gasteiger charge is 2.38. The predicted octanol–water partition coefficient (Wildman–Crippen LogP) is 2.36. The van der Waals surface area contributed by atoms with E-state index >= 15 is 0 Å². The Hall–Kier alpha value is -0.120. The van der Waals surface area contributed by atoms with Crippen LogP contribution in [0.15, 0.2) is 0 Å². The third-order valence-electron chi connectivity index (χ3n) is 2.80. The first-order chi connectivity index (χ1) is 6.57. The van der Waals surface area contributed by atoms with Crippen LogP contribution < -0.4 is 5.53 Å². The van der Waals surface area contributed by atoms with Crippen molar-refractivity contribution in [2.75, 3.05) is 0 Å². The van der Waals surface area contributed by atoms with Gasteiger partial charge in [-0.2, -0.15) is 5.53 Å². The molecule has 0 aromatic heterocycles. The molecular formula is C11H25N3. The van der Waals surface area contributed by atoms with Crippen LogP contribution in [0.4, 0.5) is 0 Å². The summed E-state index contributed by atoms with van der Waals surface area (Å²) in [4.78, 5) is 0. The van der Waals surface area contributed by atoms with Crippen molar-refractivity contribution in [1.82, 2.24) is 15.6 Å². The minimum atomic E-state index is 0.590. The third-order valence-corrected chi connectivity index (χ3v) is 2.80. The lowest BCUT2D eigenvalue weighted by atomic mass is 10.1. The molecule has 3 nitrogen and oxygen atoms in total. The van der Waals surface area contributed by atoms with E-state index in [-0.39, 0.29) is 0 Å². The van der Waals surface area contributed by atoms with Crippen LogP contribution in [-0.4, -0.2) is 28.3 Å². The smallest absolute Gasteiger partial charge is 0.0920 e. The summed E-state index contributed by atoms with van der Waals surface area (Å²) in [5.74, 6) is 0. The van der Waals surface area contributed by atoms with E-state index in [0.29, 0.717) is 18.2 Å². The summed E-state index contributed by atoms with van der Waals surface area (Å²) in [5, 5.41) is 4.71. The van der Waals surface area contributed by atoms with Crippen LogP contribution in [0.3, 0.4) is 0 Å². The van der Waals surface area contributed by atoms with E-state index in [0.717, 1.165) is 0 Å². The highest BCUT2D eigenvalue weighted by atomic mass is 15.9. The number of nitrogens with one attached hydrogen (secondary N) is 1. The van der Waals surface area contributed by atoms with E-state index < -0.39 is 0 Å². The van der Waals surface area contributed by atoms with Gasteiger partial charge in [-0.25, -0.2) is 10.0 Å². The van der Waals surface area contributed by atoms with E-state index in [1.165, 1.54) is 19.3 Å². The topological polar surface area (TPSA) is 18.5 Å². The highest BCUT2D eigenvalue weighted by Crippen LogP contribution is 2.23. The molecule has 0 aromatic carbocycles. The summed E-state index contributed by atoms with van der Waals surface area (Å²) in [7, 11) is 0. The molecule has 0 aromatic rings. The molecule has 1 N–H and O–H groups in total. The SMILES string of the molecule is CCCCC1N(C(C)C)NN1C(C)C. The van der Waals surface area contributed by atoms with Gasteiger partial charge in [0.1, 0.15) is 0 Å². The molecule has 0 saturated carbocycles. The molecule has 1 saturated heterocycles. The van der Waals surface area contributed by atoms with Crippen LogP contribution in [0, 0.1) is 0 Å². The zero-order chi connectivity index (χ0) is 10.7. The average Bonchev–Trinajstić information content (AvgIpc) is 2.01. The first-order valence-electron chi connectivity index (χ1n) is 5.90. The van der Waals surface area contributed by atoms with Crippen molar-refractivity contribution in [3.05, 3.63) is 0 Å². The number of nitrogens with zero attached hydrogens (tertiary/aromatic N) is 2. The fraction of sp³-hybridized carbons (Fsp3) is 1.00. The number of hydrazine groups is 2. The Morgan fingerprint density at radius 1 is 1.07 bits per heavy atom. The Kier molecular flexibility index (Phi) is 4.35. The molecule has 0 radical (unpaired) electrons. The Bertz CT molecular complexity index is 154. The Balaban J connectivity index is 2.44. The number of unbranched alkanes of at least 4 members (excludes halogenated alkanes) is 1. The number of hydrogen-bond acceptors (Lipinski definition) is 3. The molecule has 1 rings (SSSR count). The lowest BCUT2D eigenvalue weighted by Gasteiger charge is -2.55. The van der Waals surface area contributed by atoms with Gasteiger partial charge in [0.2, 0.25) is 0 Å². The van der Waals surface area contributed by atoms with Crippen molar-refractivity contribution in [2.24, 2.45) is 0 Å². The maximum absolute atomic E-state index is 3.40. The third kappa shape index (κ3) is 2.47. The second-order valence-electron chi connectivity index (χ2n) is 4.72. The van der Waals surface area contributed by atoms with Crippen molar-refractivity contribution >= 4 is 0 Å². The molecule has 1 aliphatic heterocycles. The van der Waals surface area contributed by atoms with Gasteiger partial charge in [0.05, 0.1) is 6.17 Å². The maximum Gasteiger partial charge on any atom is 0.0920 e. The quantitative estimate of drug-likeness (QED) is 0.733. The molecule has 0 bridgehead atoms. The lowest BCUT2D eigenvalue weighted by molar-refractivity contribution is -0.230. The fourth-order valence-electron chi connectivity index (χ4n) is 1.93. The van der Waals surface area contributed by atoms with Crippen LogP contribution in [0.1, 0.15) is 53.9 Å². The zero-order valence-corrected chi connectivity index (χ0v) is 10.2. The summed E-state index contributed by atoms with van der Waals surface area (Å²) in [5.41, 5.74) is 3.40. The lowest BCUT2D eigenvalue weighted by Crippen LogP contribution is -2.76. The van der Waals surface area contributed by atoms with Crippen LogP contribution >= 0.6 is 0 Å². The molecule has 1 fully saturated rings. The first-order valence-corrected chi connectivity index (χ1v) is 5.90. The highest BCUT2D eigenvalue weighted by molar-refractivity contribution is 4.80. The summed E-state index contributed by atoms with van der Waals surface area (Å²) in [6.45, 7) is 11.2. The normalized spacial score (nSPS) is 20.8. The zero-order valence-electron chi connectivity index (χ0n) is 10.2. The van der Waals surface area contributed by atoms with Gasteiger partial charge in [-0.15, -0.1) is 0 Å². The van der Waals surface area contributed by atoms with E-state index in [1.54, 1.807) is 0 Å². The van der Waals surface area contributed by atoms with Gasteiger partial charge in [-0.1, -0.05) is 19.8 Å². The van der Waals surface area contributed by atoms with Crippen molar-refractivity contribution in [3.8, 4) is 0 Å².